The van der Waals surface area contributed by atoms with Gasteiger partial charge in [-0.15, -0.1) is 0 Å². The first-order valence-electron chi connectivity index (χ1n) is 8.03. The lowest BCUT2D eigenvalue weighted by Crippen LogP contribution is -2.29. The first kappa shape index (κ1) is 20.4. The maximum absolute atomic E-state index is 12.0. The van der Waals surface area contributed by atoms with Crippen LogP contribution in [-0.4, -0.2) is 38.8 Å². The molecular weight excluding hydrogens is 374 g/mol. The summed E-state index contributed by atoms with van der Waals surface area (Å²) in [6.45, 7) is 1.07. The second-order valence-electron chi connectivity index (χ2n) is 5.44. The predicted molar refractivity (Wildman–Crippen MR) is 101 cm³/mol. The number of nitrogens with one attached hydrogen (secondary N) is 1. The van der Waals surface area contributed by atoms with Crippen molar-refractivity contribution in [2.45, 2.75) is 13.0 Å². The quantitative estimate of drug-likeness (QED) is 0.693. The minimum Gasteiger partial charge on any atom is -0.497 e. The normalized spacial score (nSPS) is 11.3. The number of ether oxygens (including phenoxy) is 4. The highest BCUT2D eigenvalue weighted by Crippen LogP contribution is 2.28. The Hall–Kier alpha value is -2.93. The zero-order chi connectivity index (χ0) is 19.8. The molecule has 0 saturated carbocycles. The Bertz CT molecular complexity index is 793. The molecule has 1 amide bonds. The fourth-order valence-corrected chi connectivity index (χ4v) is 2.23. The van der Waals surface area contributed by atoms with E-state index < -0.39 is 24.6 Å². The average molecular weight is 394 g/mol. The Morgan fingerprint density at radius 3 is 2.33 bits per heavy atom. The molecule has 0 aliphatic rings. The smallest absolute Gasteiger partial charge is 0.347 e. The summed E-state index contributed by atoms with van der Waals surface area (Å²) in [5.74, 6) is 0.307. The van der Waals surface area contributed by atoms with Crippen LogP contribution in [0.5, 0.6) is 17.2 Å². The van der Waals surface area contributed by atoms with Gasteiger partial charge in [-0.05, 0) is 43.3 Å². The highest BCUT2D eigenvalue weighted by molar-refractivity contribution is 6.30. The highest BCUT2D eigenvalue weighted by atomic mass is 35.5. The SMILES string of the molecule is COc1ccc(NC(=O)COC(=O)[C@H](C)Oc2ccc(Cl)cc2)c(OC)c1. The first-order valence-corrected chi connectivity index (χ1v) is 8.41. The number of rotatable bonds is 8. The molecule has 1 N–H and O–H groups in total. The van der Waals surface area contributed by atoms with Crippen LogP contribution in [0.25, 0.3) is 0 Å². The van der Waals surface area contributed by atoms with Crippen LogP contribution in [0.4, 0.5) is 5.69 Å². The van der Waals surface area contributed by atoms with Crippen molar-refractivity contribution >= 4 is 29.2 Å². The highest BCUT2D eigenvalue weighted by Gasteiger charge is 2.18. The zero-order valence-corrected chi connectivity index (χ0v) is 15.9. The molecule has 7 nitrogen and oxygen atoms in total. The van der Waals surface area contributed by atoms with Gasteiger partial charge in [0.25, 0.3) is 5.91 Å². The van der Waals surface area contributed by atoms with E-state index in [0.717, 1.165) is 0 Å². The first-order chi connectivity index (χ1) is 12.9. The Labute approximate surface area is 162 Å². The summed E-state index contributed by atoms with van der Waals surface area (Å²) in [6, 6.07) is 11.5. The van der Waals surface area contributed by atoms with Gasteiger partial charge in [-0.25, -0.2) is 4.79 Å². The fourth-order valence-electron chi connectivity index (χ4n) is 2.11. The van der Waals surface area contributed by atoms with Crippen LogP contribution in [0, 0.1) is 0 Å². The van der Waals surface area contributed by atoms with Gasteiger partial charge in [-0.1, -0.05) is 11.6 Å². The maximum atomic E-state index is 12.0. The third-order valence-electron chi connectivity index (χ3n) is 3.49. The molecule has 0 aliphatic heterocycles. The molecule has 2 aromatic rings. The summed E-state index contributed by atoms with van der Waals surface area (Å²) < 4.78 is 20.7. The molecule has 1 atom stereocenters. The van der Waals surface area contributed by atoms with Gasteiger partial charge in [0, 0.05) is 11.1 Å². The van der Waals surface area contributed by atoms with Gasteiger partial charge in [0.1, 0.15) is 17.2 Å². The molecular formula is C19H20ClNO6. The second kappa shape index (κ2) is 9.68. The van der Waals surface area contributed by atoms with Crippen molar-refractivity contribution in [1.82, 2.24) is 0 Å². The lowest BCUT2D eigenvalue weighted by Gasteiger charge is -2.15. The van der Waals surface area contributed by atoms with Crippen LogP contribution in [-0.2, 0) is 14.3 Å². The van der Waals surface area contributed by atoms with Gasteiger partial charge in [-0.2, -0.15) is 0 Å². The fraction of sp³-hybridized carbons (Fsp3) is 0.263. The van der Waals surface area contributed by atoms with E-state index in [1.807, 2.05) is 0 Å². The molecule has 144 valence electrons. The van der Waals surface area contributed by atoms with Crippen LogP contribution < -0.4 is 19.5 Å². The number of hydrogen-bond donors (Lipinski definition) is 1. The molecule has 0 fully saturated rings. The molecule has 0 unspecified atom stereocenters. The van der Waals surface area contributed by atoms with Crippen molar-refractivity contribution in [3.63, 3.8) is 0 Å². The molecule has 0 saturated heterocycles. The summed E-state index contributed by atoms with van der Waals surface area (Å²) in [5.41, 5.74) is 0.435. The largest absolute Gasteiger partial charge is 0.497 e. The molecule has 0 bridgehead atoms. The minimum atomic E-state index is -0.880. The minimum absolute atomic E-state index is 0.425. The number of amides is 1. The van der Waals surface area contributed by atoms with E-state index in [4.69, 9.17) is 30.5 Å². The second-order valence-corrected chi connectivity index (χ2v) is 5.87. The number of carbonyl (C=O) groups excluding carboxylic acids is 2. The van der Waals surface area contributed by atoms with Gasteiger partial charge in [0.2, 0.25) is 0 Å². The molecule has 27 heavy (non-hydrogen) atoms. The van der Waals surface area contributed by atoms with Crippen LogP contribution in [0.15, 0.2) is 42.5 Å². The van der Waals surface area contributed by atoms with Crippen molar-refractivity contribution in [1.29, 1.82) is 0 Å². The van der Waals surface area contributed by atoms with Crippen LogP contribution in [0.3, 0.4) is 0 Å². The van der Waals surface area contributed by atoms with Crippen LogP contribution in [0.1, 0.15) is 6.92 Å². The van der Waals surface area contributed by atoms with Crippen molar-refractivity contribution in [3.8, 4) is 17.2 Å². The van der Waals surface area contributed by atoms with E-state index in [1.54, 1.807) is 42.5 Å². The summed E-state index contributed by atoms with van der Waals surface area (Å²) in [5, 5.41) is 3.17. The number of benzene rings is 2. The zero-order valence-electron chi connectivity index (χ0n) is 15.2. The number of anilines is 1. The number of hydrogen-bond acceptors (Lipinski definition) is 6. The number of esters is 1. The van der Waals surface area contributed by atoms with Crippen LogP contribution in [0.2, 0.25) is 5.02 Å². The molecule has 0 heterocycles. The summed E-state index contributed by atoms with van der Waals surface area (Å²) >= 11 is 5.79. The van der Waals surface area contributed by atoms with Crippen molar-refractivity contribution < 1.29 is 28.5 Å². The van der Waals surface area contributed by atoms with Crippen LogP contribution >= 0.6 is 11.6 Å². The van der Waals surface area contributed by atoms with Gasteiger partial charge in [-0.3, -0.25) is 4.79 Å². The Kier molecular flexibility index (Phi) is 7.31. The number of carbonyl (C=O) groups is 2. The number of methoxy groups -OCH3 is 2. The molecule has 0 spiro atoms. The van der Waals surface area contributed by atoms with E-state index in [2.05, 4.69) is 5.32 Å². The van der Waals surface area contributed by atoms with Crippen molar-refractivity contribution in [2.24, 2.45) is 0 Å². The Morgan fingerprint density at radius 1 is 1.04 bits per heavy atom. The van der Waals surface area contributed by atoms with E-state index in [0.29, 0.717) is 28.0 Å². The number of halogens is 1. The monoisotopic (exact) mass is 393 g/mol. The van der Waals surface area contributed by atoms with E-state index in [-0.39, 0.29) is 0 Å². The predicted octanol–water partition coefficient (Wildman–Crippen LogP) is 3.31. The van der Waals surface area contributed by atoms with Gasteiger partial charge in [0.15, 0.2) is 12.7 Å². The van der Waals surface area contributed by atoms with Gasteiger partial charge in [0.05, 0.1) is 19.9 Å². The van der Waals surface area contributed by atoms with Crippen molar-refractivity contribution in [3.05, 3.63) is 47.5 Å². The van der Waals surface area contributed by atoms with Gasteiger partial charge < -0.3 is 24.3 Å². The summed E-state index contributed by atoms with van der Waals surface area (Å²) in [6.07, 6.45) is -0.880. The average Bonchev–Trinajstić information content (AvgIpc) is 2.68. The lowest BCUT2D eigenvalue weighted by molar-refractivity contribution is -0.153. The molecule has 0 radical (unpaired) electrons. The molecule has 8 heteroatoms. The molecule has 2 aromatic carbocycles. The Balaban J connectivity index is 1.85. The summed E-state index contributed by atoms with van der Waals surface area (Å²) in [4.78, 5) is 24.0. The summed E-state index contributed by atoms with van der Waals surface area (Å²) in [7, 11) is 3.00. The topological polar surface area (TPSA) is 83.1 Å². The standard InChI is InChI=1S/C19H20ClNO6/c1-12(27-14-6-4-13(20)5-7-14)19(23)26-11-18(22)21-16-9-8-15(24-2)10-17(16)25-3/h4-10,12H,11H2,1-3H3,(H,21,22)/t12-/m0/s1. The van der Waals surface area contributed by atoms with E-state index >= 15 is 0 Å². The molecule has 2 rings (SSSR count). The molecule has 0 aliphatic carbocycles. The van der Waals surface area contributed by atoms with E-state index in [1.165, 1.54) is 21.1 Å². The Morgan fingerprint density at radius 2 is 1.70 bits per heavy atom. The van der Waals surface area contributed by atoms with Crippen molar-refractivity contribution in [2.75, 3.05) is 26.1 Å². The molecule has 0 aromatic heterocycles. The third-order valence-corrected chi connectivity index (χ3v) is 3.74. The lowest BCUT2D eigenvalue weighted by atomic mass is 10.2. The van der Waals surface area contributed by atoms with E-state index in [9.17, 15) is 9.59 Å². The van der Waals surface area contributed by atoms with Gasteiger partial charge >= 0.3 is 5.97 Å². The maximum Gasteiger partial charge on any atom is 0.347 e. The third kappa shape index (κ3) is 6.07.